The molecule has 0 bridgehead atoms. The second kappa shape index (κ2) is 9.44. The molecule has 0 aliphatic heterocycles. The summed E-state index contributed by atoms with van der Waals surface area (Å²) in [6.07, 6.45) is 0. The van der Waals surface area contributed by atoms with Crippen LogP contribution in [0.1, 0.15) is 0 Å². The Bertz CT molecular complexity index is 355. The van der Waals surface area contributed by atoms with Gasteiger partial charge < -0.3 is 28.5 Å². The van der Waals surface area contributed by atoms with Gasteiger partial charge in [0.15, 0.2) is 0 Å². The third-order valence-corrected chi connectivity index (χ3v) is 3.08. The van der Waals surface area contributed by atoms with Crippen molar-refractivity contribution in [3.63, 3.8) is 0 Å². The largest absolute Gasteiger partial charge is 0.469 e. The number of hydrogen-bond acceptors (Lipinski definition) is 4. The van der Waals surface area contributed by atoms with Gasteiger partial charge >= 0.3 is 15.6 Å². The number of phosphoric ester groups is 2. The summed E-state index contributed by atoms with van der Waals surface area (Å²) in [4.78, 5) is 33.2. The molecule has 0 radical (unpaired) electrons. The van der Waals surface area contributed by atoms with Gasteiger partial charge in [-0.15, -0.1) is 0 Å². The van der Waals surface area contributed by atoms with E-state index < -0.39 is 15.6 Å². The molecule has 0 aliphatic rings. The first kappa shape index (κ1) is 24.4. The fourth-order valence-electron chi connectivity index (χ4n) is 0.867. The van der Waals surface area contributed by atoms with Crippen LogP contribution in [0.15, 0.2) is 0 Å². The van der Waals surface area contributed by atoms with Crippen LogP contribution in [0.2, 0.25) is 0 Å². The van der Waals surface area contributed by atoms with Crippen LogP contribution in [0.3, 0.4) is 0 Å². The number of likely N-dealkylation sites (N-methyl/N-ethyl adjacent to an activating group) is 2. The lowest BCUT2D eigenvalue weighted by Gasteiger charge is -2.23. The van der Waals surface area contributed by atoms with Crippen molar-refractivity contribution in [2.75, 3.05) is 68.6 Å². The van der Waals surface area contributed by atoms with E-state index >= 15 is 0 Å². The molecule has 0 aromatic rings. The molecule has 0 amide bonds. The summed E-state index contributed by atoms with van der Waals surface area (Å²) in [5.74, 6) is 0. The fraction of sp³-hybridized carbons (Fsp3) is 1.00. The van der Waals surface area contributed by atoms with Gasteiger partial charge in [-0.05, 0) is 0 Å². The Morgan fingerprint density at radius 1 is 0.682 bits per heavy atom. The Morgan fingerprint density at radius 2 is 0.909 bits per heavy atom. The van der Waals surface area contributed by atoms with Gasteiger partial charge in [-0.1, -0.05) is 0 Å². The average Bonchev–Trinajstić information content (AvgIpc) is 2.08. The molecule has 10 nitrogen and oxygen atoms in total. The summed E-state index contributed by atoms with van der Waals surface area (Å²) in [6.45, 7) is 1.30. The minimum absolute atomic E-state index is 0.0772. The van der Waals surface area contributed by atoms with Crippen LogP contribution < -0.4 is 0 Å². The first-order valence-corrected chi connectivity index (χ1v) is 9.48. The molecule has 0 aliphatic carbocycles. The summed E-state index contributed by atoms with van der Waals surface area (Å²) in [7, 11) is 2.99. The molecule has 22 heavy (non-hydrogen) atoms. The molecular weight excluding hydrogens is 338 g/mol. The normalized spacial score (nSPS) is 13.5. The van der Waals surface area contributed by atoms with Crippen LogP contribution in [-0.2, 0) is 18.2 Å². The highest BCUT2D eigenvalue weighted by Crippen LogP contribution is 2.35. The molecule has 0 saturated heterocycles. The van der Waals surface area contributed by atoms with Crippen molar-refractivity contribution in [2.24, 2.45) is 0 Å². The predicted molar refractivity (Wildman–Crippen MR) is 81.8 cm³/mol. The van der Waals surface area contributed by atoms with E-state index in [2.05, 4.69) is 9.05 Å². The van der Waals surface area contributed by atoms with Gasteiger partial charge in [-0.25, -0.2) is 9.13 Å². The molecule has 12 heteroatoms. The molecule has 0 aromatic heterocycles. The van der Waals surface area contributed by atoms with Gasteiger partial charge in [-0.2, -0.15) is 0 Å². The van der Waals surface area contributed by atoms with Gasteiger partial charge in [-0.3, -0.25) is 9.05 Å². The number of nitrogens with zero attached hydrogens (tertiary/aromatic N) is 2. The van der Waals surface area contributed by atoms with E-state index in [1.54, 1.807) is 0 Å². The van der Waals surface area contributed by atoms with E-state index in [-0.39, 0.29) is 13.2 Å². The lowest BCUT2D eigenvalue weighted by Crippen LogP contribution is -2.37. The van der Waals surface area contributed by atoms with Gasteiger partial charge in [0, 0.05) is 0 Å². The third-order valence-electron chi connectivity index (χ3n) is 2.04. The molecule has 0 heterocycles. The molecule has 0 aromatic carbocycles. The van der Waals surface area contributed by atoms with Crippen LogP contribution in [0.5, 0.6) is 0 Å². The van der Waals surface area contributed by atoms with Crippen molar-refractivity contribution >= 4 is 15.6 Å². The monoisotopic (exact) mass is 368 g/mol. The lowest BCUT2D eigenvalue weighted by atomic mass is 10.5. The van der Waals surface area contributed by atoms with Crippen molar-refractivity contribution in [1.82, 2.24) is 0 Å². The zero-order valence-corrected chi connectivity index (χ0v) is 15.8. The van der Waals surface area contributed by atoms with Crippen LogP contribution in [0, 0.1) is 0 Å². The Morgan fingerprint density at radius 3 is 1.05 bits per heavy atom. The topological polar surface area (TPSA) is 134 Å². The molecule has 0 rings (SSSR count). The molecular formula is C10H30N2O8P2+2. The smallest absolute Gasteiger partial charge is 0.329 e. The maximum atomic E-state index is 10.2. The molecule has 0 atom stereocenters. The lowest BCUT2D eigenvalue weighted by molar-refractivity contribution is -0.870. The summed E-state index contributed by atoms with van der Waals surface area (Å²) in [5, 5.41) is 0. The Hall–Kier alpha value is 0.140. The predicted octanol–water partition coefficient (Wildman–Crippen LogP) is -0.396. The molecule has 136 valence electrons. The van der Waals surface area contributed by atoms with E-state index in [9.17, 15) is 9.13 Å². The maximum Gasteiger partial charge on any atom is 0.469 e. The molecule has 0 unspecified atom stereocenters. The summed E-state index contributed by atoms with van der Waals surface area (Å²) >= 11 is 0. The van der Waals surface area contributed by atoms with Crippen LogP contribution in [0.25, 0.3) is 0 Å². The van der Waals surface area contributed by atoms with Crippen molar-refractivity contribution in [3.05, 3.63) is 0 Å². The zero-order valence-electron chi connectivity index (χ0n) is 14.0. The van der Waals surface area contributed by atoms with E-state index in [4.69, 9.17) is 19.6 Å². The Labute approximate surface area is 131 Å². The minimum Gasteiger partial charge on any atom is -0.329 e. The number of hydrogen-bond donors (Lipinski definition) is 4. The average molecular weight is 368 g/mol. The highest BCUT2D eigenvalue weighted by atomic mass is 31.2. The number of rotatable bonds is 8. The zero-order chi connectivity index (χ0) is 18.2. The van der Waals surface area contributed by atoms with Gasteiger partial charge in [0.1, 0.15) is 26.3 Å². The molecule has 0 fully saturated rings. The summed E-state index contributed by atoms with van der Waals surface area (Å²) < 4.78 is 30.1. The third kappa shape index (κ3) is 28.3. The molecule has 0 spiro atoms. The molecule has 4 N–H and O–H groups in total. The summed E-state index contributed by atoms with van der Waals surface area (Å²) in [5.41, 5.74) is 0. The van der Waals surface area contributed by atoms with Crippen molar-refractivity contribution in [3.8, 4) is 0 Å². The quantitative estimate of drug-likeness (QED) is 0.336. The second-order valence-electron chi connectivity index (χ2n) is 6.68. The van der Waals surface area contributed by atoms with Crippen molar-refractivity contribution in [1.29, 1.82) is 0 Å². The highest BCUT2D eigenvalue weighted by Gasteiger charge is 2.16. The van der Waals surface area contributed by atoms with Crippen LogP contribution in [-0.4, -0.2) is 97.1 Å². The SMILES string of the molecule is C[N+](C)(C)CCOP(=O)(O)O.C[N+](C)(C)CCOP(=O)(O)O. The first-order valence-electron chi connectivity index (χ1n) is 6.42. The highest BCUT2D eigenvalue weighted by molar-refractivity contribution is 7.46. The first-order chi connectivity index (χ1) is 9.41. The van der Waals surface area contributed by atoms with Crippen LogP contribution in [0.4, 0.5) is 0 Å². The second-order valence-corrected chi connectivity index (χ2v) is 9.15. The fourth-order valence-corrected chi connectivity index (χ4v) is 1.51. The van der Waals surface area contributed by atoms with Crippen molar-refractivity contribution in [2.45, 2.75) is 0 Å². The summed E-state index contributed by atoms with van der Waals surface area (Å²) in [6, 6.07) is 0. The van der Waals surface area contributed by atoms with E-state index in [0.29, 0.717) is 22.1 Å². The van der Waals surface area contributed by atoms with Gasteiger partial charge in [0.25, 0.3) is 0 Å². The minimum atomic E-state index is -4.26. The van der Waals surface area contributed by atoms with Crippen molar-refractivity contribution < 1.29 is 46.7 Å². The van der Waals surface area contributed by atoms with E-state index in [0.717, 1.165) is 0 Å². The number of quaternary nitrogens is 2. The van der Waals surface area contributed by atoms with Crippen LogP contribution >= 0.6 is 15.6 Å². The van der Waals surface area contributed by atoms with E-state index in [1.807, 2.05) is 42.3 Å². The van der Waals surface area contributed by atoms with Gasteiger partial charge in [0.05, 0.1) is 42.3 Å². The molecule has 0 saturated carbocycles. The van der Waals surface area contributed by atoms with Gasteiger partial charge in [0.2, 0.25) is 0 Å². The standard InChI is InChI=1S/2C5H14NO4P/c2*1-6(2,3)4-5-10-11(7,8)9/h2*4-5H2,1-3H3,(H-,7,8,9)/p+2. The Kier molecular flexibility index (Phi) is 10.5. The maximum absolute atomic E-state index is 10.2. The Balaban J connectivity index is 0. The number of phosphoric acid groups is 2. The van der Waals surface area contributed by atoms with E-state index in [1.165, 1.54) is 0 Å².